The minimum atomic E-state index is -1.49. The van der Waals surface area contributed by atoms with Gasteiger partial charge in [0.2, 0.25) is 0 Å². The van der Waals surface area contributed by atoms with Crippen LogP contribution < -0.4 is 0 Å². The highest BCUT2D eigenvalue weighted by Gasteiger charge is 2.30. The van der Waals surface area contributed by atoms with Crippen molar-refractivity contribution in [2.75, 3.05) is 4.43 Å². The van der Waals surface area contributed by atoms with Gasteiger partial charge in [0.1, 0.15) is 12.2 Å². The molecular formula is C4H7IO3S. The SMILES string of the molecule is C[C@H]1OS(=O)O[C@@H]1CI. The number of hydrogen-bond donors (Lipinski definition) is 0. The molecule has 1 aliphatic heterocycles. The average Bonchev–Trinajstić information content (AvgIpc) is 2.10. The van der Waals surface area contributed by atoms with E-state index in [1.54, 1.807) is 0 Å². The first kappa shape index (κ1) is 7.90. The molecule has 0 bridgehead atoms. The molecule has 0 amide bonds. The van der Waals surface area contributed by atoms with Crippen LogP contribution in [0, 0.1) is 0 Å². The monoisotopic (exact) mass is 262 g/mol. The van der Waals surface area contributed by atoms with Crippen molar-refractivity contribution in [2.45, 2.75) is 19.1 Å². The molecule has 0 aliphatic carbocycles. The standard InChI is InChI=1S/C4H7IO3S/c1-3-4(2-5)8-9(6)7-3/h3-4H,2H2,1H3/t3-,4-,9?/m1/s1. The van der Waals surface area contributed by atoms with Crippen LogP contribution in [0.5, 0.6) is 0 Å². The summed E-state index contributed by atoms with van der Waals surface area (Å²) in [5.74, 6) is 0. The van der Waals surface area contributed by atoms with Gasteiger partial charge in [0.05, 0.1) is 0 Å². The molecule has 3 atom stereocenters. The molecule has 5 heteroatoms. The van der Waals surface area contributed by atoms with Gasteiger partial charge in [0, 0.05) is 4.43 Å². The molecule has 0 radical (unpaired) electrons. The fourth-order valence-corrected chi connectivity index (χ4v) is 2.52. The first-order chi connectivity index (χ1) is 4.24. The Labute approximate surface area is 70.1 Å². The third-order valence-electron chi connectivity index (χ3n) is 1.11. The van der Waals surface area contributed by atoms with E-state index in [1.807, 2.05) is 6.92 Å². The van der Waals surface area contributed by atoms with Crippen molar-refractivity contribution in [2.24, 2.45) is 0 Å². The minimum Gasteiger partial charge on any atom is -0.263 e. The van der Waals surface area contributed by atoms with E-state index in [0.29, 0.717) is 0 Å². The number of halogens is 1. The van der Waals surface area contributed by atoms with Crippen molar-refractivity contribution in [3.63, 3.8) is 0 Å². The summed E-state index contributed by atoms with van der Waals surface area (Å²) in [4.78, 5) is 0. The van der Waals surface area contributed by atoms with Gasteiger partial charge >= 0.3 is 11.4 Å². The smallest absolute Gasteiger partial charge is 0.263 e. The molecule has 0 aromatic rings. The Hall–Kier alpha value is 0.800. The van der Waals surface area contributed by atoms with E-state index < -0.39 is 11.4 Å². The molecular weight excluding hydrogens is 255 g/mol. The highest BCUT2D eigenvalue weighted by atomic mass is 127. The lowest BCUT2D eigenvalue weighted by Crippen LogP contribution is -2.19. The summed E-state index contributed by atoms with van der Waals surface area (Å²) in [6.07, 6.45) is -0.0193. The second-order valence-electron chi connectivity index (χ2n) is 1.79. The van der Waals surface area contributed by atoms with Crippen LogP contribution >= 0.6 is 22.6 Å². The maximum atomic E-state index is 10.5. The molecule has 1 rings (SSSR count). The normalized spacial score (nSPS) is 43.6. The summed E-state index contributed by atoms with van der Waals surface area (Å²) in [6.45, 7) is 1.86. The van der Waals surface area contributed by atoms with E-state index in [2.05, 4.69) is 22.6 Å². The molecule has 1 heterocycles. The van der Waals surface area contributed by atoms with Crippen molar-refractivity contribution in [1.29, 1.82) is 0 Å². The van der Waals surface area contributed by atoms with Gasteiger partial charge in [-0.2, -0.15) is 4.21 Å². The van der Waals surface area contributed by atoms with Gasteiger partial charge in [-0.1, -0.05) is 22.6 Å². The predicted molar refractivity (Wildman–Crippen MR) is 42.4 cm³/mol. The second kappa shape index (κ2) is 3.27. The minimum absolute atomic E-state index is 0.00596. The molecule has 54 valence electrons. The Kier molecular flexibility index (Phi) is 2.87. The summed E-state index contributed by atoms with van der Waals surface area (Å²) >= 11 is 0.688. The van der Waals surface area contributed by atoms with E-state index in [0.717, 1.165) is 4.43 Å². The van der Waals surface area contributed by atoms with Crippen molar-refractivity contribution in [3.05, 3.63) is 0 Å². The van der Waals surface area contributed by atoms with E-state index in [4.69, 9.17) is 8.37 Å². The Morgan fingerprint density at radius 1 is 1.67 bits per heavy atom. The number of hydrogen-bond acceptors (Lipinski definition) is 3. The van der Waals surface area contributed by atoms with E-state index >= 15 is 0 Å². The first-order valence-electron chi connectivity index (χ1n) is 2.56. The van der Waals surface area contributed by atoms with E-state index in [1.165, 1.54) is 0 Å². The molecule has 0 N–H and O–H groups in total. The van der Waals surface area contributed by atoms with Crippen molar-refractivity contribution >= 4 is 34.0 Å². The lowest BCUT2D eigenvalue weighted by atomic mass is 10.3. The Bertz CT molecular complexity index is 129. The van der Waals surface area contributed by atoms with Crippen molar-refractivity contribution in [3.8, 4) is 0 Å². The maximum Gasteiger partial charge on any atom is 0.305 e. The van der Waals surface area contributed by atoms with Crippen LogP contribution in [-0.4, -0.2) is 20.8 Å². The number of alkyl halides is 1. The lowest BCUT2D eigenvalue weighted by molar-refractivity contribution is 0.193. The quantitative estimate of drug-likeness (QED) is 0.518. The maximum absolute atomic E-state index is 10.5. The molecule has 1 aliphatic rings. The zero-order valence-corrected chi connectivity index (χ0v) is 7.85. The molecule has 0 saturated carbocycles. The van der Waals surface area contributed by atoms with Crippen molar-refractivity contribution in [1.82, 2.24) is 0 Å². The molecule has 0 aromatic carbocycles. The van der Waals surface area contributed by atoms with Gasteiger partial charge in [-0.25, -0.2) is 0 Å². The van der Waals surface area contributed by atoms with E-state index in [9.17, 15) is 4.21 Å². The summed E-state index contributed by atoms with van der Waals surface area (Å²) in [6, 6.07) is 0. The fourth-order valence-electron chi connectivity index (χ4n) is 0.539. The molecule has 1 saturated heterocycles. The van der Waals surface area contributed by atoms with Gasteiger partial charge < -0.3 is 0 Å². The molecule has 9 heavy (non-hydrogen) atoms. The molecule has 3 nitrogen and oxygen atoms in total. The molecule has 1 fully saturated rings. The zero-order chi connectivity index (χ0) is 6.85. The predicted octanol–water partition coefficient (Wildman–Crippen LogP) is 0.804. The van der Waals surface area contributed by atoms with Crippen LogP contribution in [0.25, 0.3) is 0 Å². The van der Waals surface area contributed by atoms with Crippen LogP contribution in [0.15, 0.2) is 0 Å². The first-order valence-corrected chi connectivity index (χ1v) is 5.08. The molecule has 0 spiro atoms. The van der Waals surface area contributed by atoms with E-state index in [-0.39, 0.29) is 12.2 Å². The summed E-state index contributed by atoms with van der Waals surface area (Å²) < 4.78 is 21.0. The zero-order valence-electron chi connectivity index (χ0n) is 4.87. The molecule has 1 unspecified atom stereocenters. The van der Waals surface area contributed by atoms with Crippen LogP contribution in [0.3, 0.4) is 0 Å². The second-order valence-corrected chi connectivity index (χ2v) is 3.47. The Morgan fingerprint density at radius 2 is 2.33 bits per heavy atom. The Balaban J connectivity index is 2.47. The highest BCUT2D eigenvalue weighted by Crippen LogP contribution is 2.18. The fraction of sp³-hybridized carbons (Fsp3) is 1.00. The van der Waals surface area contributed by atoms with Crippen LogP contribution in [0.2, 0.25) is 0 Å². The topological polar surface area (TPSA) is 35.5 Å². The van der Waals surface area contributed by atoms with Gasteiger partial charge in [0.15, 0.2) is 0 Å². The Morgan fingerprint density at radius 3 is 2.56 bits per heavy atom. The van der Waals surface area contributed by atoms with Gasteiger partial charge in [-0.05, 0) is 6.92 Å². The summed E-state index contributed by atoms with van der Waals surface area (Å²) in [5, 5.41) is 0. The van der Waals surface area contributed by atoms with Gasteiger partial charge in [-0.15, -0.1) is 0 Å². The van der Waals surface area contributed by atoms with Crippen molar-refractivity contribution < 1.29 is 12.6 Å². The third kappa shape index (κ3) is 1.86. The van der Waals surface area contributed by atoms with Gasteiger partial charge in [-0.3, -0.25) is 8.37 Å². The highest BCUT2D eigenvalue weighted by molar-refractivity contribution is 14.1. The average molecular weight is 262 g/mol. The summed E-state index contributed by atoms with van der Waals surface area (Å²) in [5.41, 5.74) is 0. The van der Waals surface area contributed by atoms with Crippen LogP contribution in [0.1, 0.15) is 6.92 Å². The third-order valence-corrected chi connectivity index (χ3v) is 2.84. The summed E-state index contributed by atoms with van der Waals surface area (Å²) in [7, 11) is 0. The van der Waals surface area contributed by atoms with Gasteiger partial charge in [0.25, 0.3) is 0 Å². The number of rotatable bonds is 1. The van der Waals surface area contributed by atoms with Crippen LogP contribution in [0.4, 0.5) is 0 Å². The lowest BCUT2D eigenvalue weighted by Gasteiger charge is -2.03. The van der Waals surface area contributed by atoms with Crippen LogP contribution in [-0.2, 0) is 19.7 Å². The molecule has 0 aromatic heterocycles. The largest absolute Gasteiger partial charge is 0.305 e.